The van der Waals surface area contributed by atoms with Gasteiger partial charge in [-0.1, -0.05) is 11.5 Å². The second-order valence-electron chi connectivity index (χ2n) is 6.84. The Balaban J connectivity index is 1.96. The molecule has 1 aromatic heterocycles. The van der Waals surface area contributed by atoms with E-state index < -0.39 is 0 Å². The molecule has 0 radical (unpaired) electrons. The Morgan fingerprint density at radius 3 is 2.63 bits per heavy atom. The molecule has 1 heterocycles. The zero-order valence-corrected chi connectivity index (χ0v) is 15.8. The number of hydrogen-bond donors (Lipinski definition) is 2. The molecule has 0 saturated carbocycles. The number of amides is 1. The molecular weight excluding hydrogens is 344 g/mol. The van der Waals surface area contributed by atoms with Gasteiger partial charge >= 0.3 is 0 Å². The van der Waals surface area contributed by atoms with Gasteiger partial charge in [-0.15, -0.1) is 0 Å². The highest BCUT2D eigenvalue weighted by Gasteiger charge is 2.09. The minimum Gasteiger partial charge on any atom is -0.326 e. The molecule has 0 aliphatic rings. The summed E-state index contributed by atoms with van der Waals surface area (Å²) in [7, 11) is 5.76. The standard InChI is InChI=1S/C19H21BFN5O/c1-11(27)23-15-4-12(10-26(2)3)5-16(8-15)24-19-22-9-13-6-14(20)7-17(21)18(13)25-19/h4-9H,10,20H2,1-3H3,(H,23,27)(H,22,24,25). The zero-order chi connectivity index (χ0) is 19.6. The van der Waals surface area contributed by atoms with Crippen molar-refractivity contribution in [3.8, 4) is 0 Å². The number of nitrogens with one attached hydrogen (secondary N) is 2. The summed E-state index contributed by atoms with van der Waals surface area (Å²) in [6, 6.07) is 8.95. The second kappa shape index (κ2) is 7.71. The summed E-state index contributed by atoms with van der Waals surface area (Å²) in [5.74, 6) is -0.237. The Morgan fingerprint density at radius 1 is 1.19 bits per heavy atom. The van der Waals surface area contributed by atoms with E-state index in [2.05, 4.69) is 20.6 Å². The smallest absolute Gasteiger partial charge is 0.227 e. The third-order valence-corrected chi connectivity index (χ3v) is 3.85. The average molecular weight is 365 g/mol. The molecule has 8 heteroatoms. The molecule has 0 fully saturated rings. The molecule has 0 aliphatic carbocycles. The number of carbonyl (C=O) groups excluding carboxylic acids is 1. The summed E-state index contributed by atoms with van der Waals surface area (Å²) >= 11 is 0. The maximum Gasteiger partial charge on any atom is 0.227 e. The van der Waals surface area contributed by atoms with Gasteiger partial charge in [0.15, 0.2) is 0 Å². The molecule has 2 N–H and O–H groups in total. The van der Waals surface area contributed by atoms with Gasteiger partial charge in [-0.2, -0.15) is 0 Å². The van der Waals surface area contributed by atoms with E-state index in [0.717, 1.165) is 11.0 Å². The molecule has 3 aromatic rings. The van der Waals surface area contributed by atoms with Crippen LogP contribution >= 0.6 is 0 Å². The van der Waals surface area contributed by atoms with Crippen molar-refractivity contribution >= 4 is 47.4 Å². The van der Waals surface area contributed by atoms with Crippen LogP contribution in [0.3, 0.4) is 0 Å². The molecule has 0 saturated heterocycles. The van der Waals surface area contributed by atoms with Crippen LogP contribution in [0.5, 0.6) is 0 Å². The fourth-order valence-corrected chi connectivity index (χ4v) is 2.93. The fraction of sp³-hybridized carbons (Fsp3) is 0.211. The zero-order valence-electron chi connectivity index (χ0n) is 15.8. The largest absolute Gasteiger partial charge is 0.326 e. The fourth-order valence-electron chi connectivity index (χ4n) is 2.93. The highest BCUT2D eigenvalue weighted by atomic mass is 19.1. The third kappa shape index (κ3) is 4.80. The van der Waals surface area contributed by atoms with Crippen LogP contribution in [-0.2, 0) is 11.3 Å². The summed E-state index contributed by atoms with van der Waals surface area (Å²) in [6.45, 7) is 2.16. The number of halogens is 1. The first-order valence-electron chi connectivity index (χ1n) is 8.56. The number of fused-ring (bicyclic) bond motifs is 1. The van der Waals surface area contributed by atoms with Crippen molar-refractivity contribution in [2.24, 2.45) is 0 Å². The molecule has 6 nitrogen and oxygen atoms in total. The minimum atomic E-state index is -0.379. The van der Waals surface area contributed by atoms with E-state index in [1.54, 1.807) is 12.3 Å². The van der Waals surface area contributed by atoms with Crippen LogP contribution in [0.1, 0.15) is 12.5 Å². The van der Waals surface area contributed by atoms with Gasteiger partial charge in [0.1, 0.15) is 19.2 Å². The Hall–Kier alpha value is -3.00. The lowest BCUT2D eigenvalue weighted by atomic mass is 9.95. The molecule has 3 rings (SSSR count). The van der Waals surface area contributed by atoms with Gasteiger partial charge in [-0.05, 0) is 43.9 Å². The molecule has 1 amide bonds. The van der Waals surface area contributed by atoms with E-state index in [-0.39, 0.29) is 17.2 Å². The second-order valence-corrected chi connectivity index (χ2v) is 6.84. The van der Waals surface area contributed by atoms with Gasteiger partial charge in [0.2, 0.25) is 11.9 Å². The summed E-state index contributed by atoms with van der Waals surface area (Å²) in [5, 5.41) is 6.55. The van der Waals surface area contributed by atoms with Crippen molar-refractivity contribution in [1.82, 2.24) is 14.9 Å². The van der Waals surface area contributed by atoms with Crippen LogP contribution in [0.4, 0.5) is 21.7 Å². The van der Waals surface area contributed by atoms with Crippen molar-refractivity contribution in [3.05, 3.63) is 47.9 Å². The van der Waals surface area contributed by atoms with Gasteiger partial charge in [0.05, 0.1) is 0 Å². The van der Waals surface area contributed by atoms with E-state index in [1.807, 2.05) is 45.0 Å². The molecule has 0 atom stereocenters. The van der Waals surface area contributed by atoms with Crippen molar-refractivity contribution in [1.29, 1.82) is 0 Å². The normalized spacial score (nSPS) is 11.0. The first kappa shape index (κ1) is 18.8. The van der Waals surface area contributed by atoms with Crippen LogP contribution in [-0.4, -0.2) is 42.7 Å². The molecule has 27 heavy (non-hydrogen) atoms. The number of rotatable bonds is 5. The summed E-state index contributed by atoms with van der Waals surface area (Å²) < 4.78 is 14.2. The molecule has 0 spiro atoms. The lowest BCUT2D eigenvalue weighted by Gasteiger charge is -2.14. The first-order chi connectivity index (χ1) is 12.8. The maximum absolute atomic E-state index is 14.2. The van der Waals surface area contributed by atoms with E-state index in [1.165, 1.54) is 13.0 Å². The third-order valence-electron chi connectivity index (χ3n) is 3.85. The van der Waals surface area contributed by atoms with Crippen LogP contribution in [0.25, 0.3) is 10.9 Å². The topological polar surface area (TPSA) is 70.2 Å². The van der Waals surface area contributed by atoms with Gasteiger partial charge in [-0.3, -0.25) is 4.79 Å². The van der Waals surface area contributed by atoms with Gasteiger partial charge in [0, 0.05) is 36.4 Å². The molecule has 0 bridgehead atoms. The summed E-state index contributed by atoms with van der Waals surface area (Å²) in [6.07, 6.45) is 1.60. The molecule has 0 aliphatic heterocycles. The SMILES string of the molecule is Bc1cc(F)c2nc(Nc3cc(CN(C)C)cc(NC(C)=O)c3)ncc2c1. The van der Waals surface area contributed by atoms with Gasteiger partial charge < -0.3 is 15.5 Å². The summed E-state index contributed by atoms with van der Waals surface area (Å²) in [4.78, 5) is 22.0. The lowest BCUT2D eigenvalue weighted by Crippen LogP contribution is -2.12. The van der Waals surface area contributed by atoms with E-state index in [0.29, 0.717) is 29.3 Å². The van der Waals surface area contributed by atoms with E-state index >= 15 is 0 Å². The monoisotopic (exact) mass is 365 g/mol. The van der Waals surface area contributed by atoms with Gasteiger partial charge in [-0.25, -0.2) is 14.4 Å². The van der Waals surface area contributed by atoms with Crippen LogP contribution in [0, 0.1) is 5.82 Å². The first-order valence-corrected chi connectivity index (χ1v) is 8.56. The molecule has 2 aromatic carbocycles. The van der Waals surface area contributed by atoms with Crippen molar-refractivity contribution in [2.75, 3.05) is 24.7 Å². The predicted octanol–water partition coefficient (Wildman–Crippen LogP) is 1.79. The van der Waals surface area contributed by atoms with E-state index in [4.69, 9.17) is 0 Å². The molecular formula is C19H21BFN5O. The Labute approximate surface area is 158 Å². The van der Waals surface area contributed by atoms with Crippen LogP contribution < -0.4 is 16.1 Å². The lowest BCUT2D eigenvalue weighted by molar-refractivity contribution is -0.114. The van der Waals surface area contributed by atoms with Crippen molar-refractivity contribution < 1.29 is 9.18 Å². The van der Waals surface area contributed by atoms with Crippen molar-refractivity contribution in [3.63, 3.8) is 0 Å². The Morgan fingerprint density at radius 2 is 1.93 bits per heavy atom. The predicted molar refractivity (Wildman–Crippen MR) is 109 cm³/mol. The van der Waals surface area contributed by atoms with Crippen LogP contribution in [0.2, 0.25) is 0 Å². The highest BCUT2D eigenvalue weighted by molar-refractivity contribution is 6.33. The number of benzene rings is 2. The summed E-state index contributed by atoms with van der Waals surface area (Å²) in [5.41, 5.74) is 3.48. The number of aromatic nitrogens is 2. The van der Waals surface area contributed by atoms with E-state index in [9.17, 15) is 9.18 Å². The van der Waals surface area contributed by atoms with Crippen molar-refractivity contribution in [2.45, 2.75) is 13.5 Å². The maximum atomic E-state index is 14.2. The number of hydrogen-bond acceptors (Lipinski definition) is 5. The van der Waals surface area contributed by atoms with Gasteiger partial charge in [0.25, 0.3) is 0 Å². The highest BCUT2D eigenvalue weighted by Crippen LogP contribution is 2.23. The minimum absolute atomic E-state index is 0.151. The van der Waals surface area contributed by atoms with Crippen LogP contribution in [0.15, 0.2) is 36.5 Å². The molecule has 0 unspecified atom stereocenters. The number of anilines is 3. The molecule has 138 valence electrons. The number of carbonyl (C=O) groups is 1. The number of nitrogens with zero attached hydrogens (tertiary/aromatic N) is 3. The quantitative estimate of drug-likeness (QED) is 0.675. The Kier molecular flexibility index (Phi) is 5.37. The average Bonchev–Trinajstić information content (AvgIpc) is 2.54. The Bertz CT molecular complexity index is 1010.